The van der Waals surface area contributed by atoms with E-state index in [2.05, 4.69) is 4.98 Å². The maximum absolute atomic E-state index is 11.2. The molecule has 1 aromatic rings. The molecule has 4 nitrogen and oxygen atoms in total. The van der Waals surface area contributed by atoms with Crippen molar-refractivity contribution in [3.8, 4) is 0 Å². The summed E-state index contributed by atoms with van der Waals surface area (Å²) in [5, 5.41) is -0.0741. The smallest absolute Gasteiger partial charge is 0.203 e. The van der Waals surface area contributed by atoms with Crippen molar-refractivity contribution >= 4 is 15.6 Å². The normalized spacial score (nSPS) is 19.2. The molecule has 0 N–H and O–H groups in total. The SMILES string of the molecule is O=C1CS(=O)(=O)c2ncccc21. The third-order valence-corrected chi connectivity index (χ3v) is 3.24. The Hall–Kier alpha value is -1.23. The van der Waals surface area contributed by atoms with E-state index in [1.54, 1.807) is 6.07 Å². The average Bonchev–Trinajstić information content (AvgIpc) is 2.25. The highest BCUT2D eigenvalue weighted by atomic mass is 32.2. The summed E-state index contributed by atoms with van der Waals surface area (Å²) in [4.78, 5) is 14.7. The Kier molecular flexibility index (Phi) is 1.32. The molecule has 1 aliphatic heterocycles. The lowest BCUT2D eigenvalue weighted by Crippen LogP contribution is -2.03. The lowest BCUT2D eigenvalue weighted by molar-refractivity contribution is 0.102. The lowest BCUT2D eigenvalue weighted by Gasteiger charge is -1.91. The molecule has 0 spiro atoms. The largest absolute Gasteiger partial charge is 0.293 e. The predicted octanol–water partition coefficient (Wildman–Crippen LogP) is 0.0516. The van der Waals surface area contributed by atoms with Crippen molar-refractivity contribution in [2.24, 2.45) is 0 Å². The van der Waals surface area contributed by atoms with Crippen molar-refractivity contribution in [3.63, 3.8) is 0 Å². The fourth-order valence-corrected chi connectivity index (χ4v) is 2.55. The monoisotopic (exact) mass is 183 g/mol. The van der Waals surface area contributed by atoms with Gasteiger partial charge in [-0.1, -0.05) is 0 Å². The summed E-state index contributed by atoms with van der Waals surface area (Å²) >= 11 is 0. The van der Waals surface area contributed by atoms with E-state index in [-0.39, 0.29) is 16.4 Å². The van der Waals surface area contributed by atoms with Gasteiger partial charge < -0.3 is 0 Å². The minimum Gasteiger partial charge on any atom is -0.293 e. The molecule has 0 saturated heterocycles. The van der Waals surface area contributed by atoms with E-state index in [0.29, 0.717) is 0 Å². The molecule has 1 aliphatic rings. The van der Waals surface area contributed by atoms with Crippen LogP contribution < -0.4 is 0 Å². The van der Waals surface area contributed by atoms with Crippen LogP contribution in [0.15, 0.2) is 23.4 Å². The Morgan fingerprint density at radius 1 is 1.42 bits per heavy atom. The summed E-state index contributed by atoms with van der Waals surface area (Å²) in [7, 11) is -3.42. The number of nitrogens with zero attached hydrogens (tertiary/aromatic N) is 1. The van der Waals surface area contributed by atoms with Crippen LogP contribution in [0.4, 0.5) is 0 Å². The third kappa shape index (κ3) is 0.863. The molecule has 0 aromatic carbocycles. The molecule has 0 unspecified atom stereocenters. The summed E-state index contributed by atoms with van der Waals surface area (Å²) in [6.07, 6.45) is 1.37. The summed E-state index contributed by atoms with van der Waals surface area (Å²) < 4.78 is 22.4. The van der Waals surface area contributed by atoms with Crippen molar-refractivity contribution in [2.45, 2.75) is 5.03 Å². The number of pyridine rings is 1. The molecule has 0 atom stereocenters. The first-order chi connectivity index (χ1) is 5.61. The molecular weight excluding hydrogens is 178 g/mol. The number of rotatable bonds is 0. The average molecular weight is 183 g/mol. The van der Waals surface area contributed by atoms with E-state index < -0.39 is 15.6 Å². The van der Waals surface area contributed by atoms with Crippen LogP contribution in [0.2, 0.25) is 0 Å². The zero-order valence-electron chi connectivity index (χ0n) is 6.02. The highest BCUT2D eigenvalue weighted by molar-refractivity contribution is 7.92. The Bertz CT molecular complexity index is 449. The van der Waals surface area contributed by atoms with Crippen LogP contribution in [0, 0.1) is 0 Å². The van der Waals surface area contributed by atoms with Crippen LogP contribution in [0.3, 0.4) is 0 Å². The van der Waals surface area contributed by atoms with E-state index in [1.807, 2.05) is 0 Å². The van der Waals surface area contributed by atoms with Crippen LogP contribution in [-0.2, 0) is 9.84 Å². The van der Waals surface area contributed by atoms with Crippen molar-refractivity contribution in [2.75, 3.05) is 5.75 Å². The molecule has 2 rings (SSSR count). The van der Waals surface area contributed by atoms with Gasteiger partial charge in [0.15, 0.2) is 10.8 Å². The van der Waals surface area contributed by atoms with E-state index >= 15 is 0 Å². The van der Waals surface area contributed by atoms with E-state index in [1.165, 1.54) is 12.3 Å². The molecule has 0 aliphatic carbocycles. The molecule has 0 bridgehead atoms. The van der Waals surface area contributed by atoms with Crippen LogP contribution in [0.25, 0.3) is 0 Å². The first-order valence-electron chi connectivity index (χ1n) is 3.32. The van der Waals surface area contributed by atoms with Crippen molar-refractivity contribution in [3.05, 3.63) is 23.9 Å². The summed E-state index contributed by atoms with van der Waals surface area (Å²) in [6, 6.07) is 3.03. The fourth-order valence-electron chi connectivity index (χ4n) is 1.17. The second-order valence-electron chi connectivity index (χ2n) is 2.54. The van der Waals surface area contributed by atoms with Gasteiger partial charge in [-0.2, -0.15) is 0 Å². The Morgan fingerprint density at radius 2 is 2.17 bits per heavy atom. The van der Waals surface area contributed by atoms with Gasteiger partial charge in [0.25, 0.3) is 0 Å². The second-order valence-corrected chi connectivity index (χ2v) is 4.44. The van der Waals surface area contributed by atoms with Gasteiger partial charge in [-0.05, 0) is 12.1 Å². The predicted molar refractivity (Wildman–Crippen MR) is 40.6 cm³/mol. The van der Waals surface area contributed by atoms with Gasteiger partial charge in [-0.3, -0.25) is 4.79 Å². The van der Waals surface area contributed by atoms with E-state index in [9.17, 15) is 13.2 Å². The van der Waals surface area contributed by atoms with E-state index in [0.717, 1.165) is 0 Å². The molecular formula is C7H5NO3S. The van der Waals surface area contributed by atoms with Crippen molar-refractivity contribution < 1.29 is 13.2 Å². The van der Waals surface area contributed by atoms with Gasteiger partial charge in [0.1, 0.15) is 5.75 Å². The number of aromatic nitrogens is 1. The van der Waals surface area contributed by atoms with E-state index in [4.69, 9.17) is 0 Å². The first kappa shape index (κ1) is 7.42. The minimum atomic E-state index is -3.42. The molecule has 0 fully saturated rings. The summed E-state index contributed by atoms with van der Waals surface area (Å²) in [5.74, 6) is -0.794. The van der Waals surface area contributed by atoms with Crippen LogP contribution >= 0.6 is 0 Å². The minimum absolute atomic E-state index is 0.0741. The number of Topliss-reactive ketones (excluding diaryl/α,β-unsaturated/α-hetero) is 1. The van der Waals surface area contributed by atoms with Gasteiger partial charge in [0.2, 0.25) is 9.84 Å². The standard InChI is InChI=1S/C7H5NO3S/c9-6-4-12(10,11)7-5(6)2-1-3-8-7/h1-3H,4H2. The van der Waals surface area contributed by atoms with Gasteiger partial charge in [-0.25, -0.2) is 13.4 Å². The van der Waals surface area contributed by atoms with Crippen molar-refractivity contribution in [1.82, 2.24) is 4.98 Å². The molecule has 2 heterocycles. The molecule has 12 heavy (non-hydrogen) atoms. The number of hydrogen-bond donors (Lipinski definition) is 0. The number of hydrogen-bond acceptors (Lipinski definition) is 4. The van der Waals surface area contributed by atoms with Gasteiger partial charge in [0.05, 0.1) is 5.56 Å². The second kappa shape index (κ2) is 2.13. The zero-order valence-corrected chi connectivity index (χ0v) is 6.84. The van der Waals surface area contributed by atoms with Gasteiger partial charge in [0, 0.05) is 6.20 Å². The number of carbonyl (C=O) groups is 1. The highest BCUT2D eigenvalue weighted by Crippen LogP contribution is 2.22. The number of fused-ring (bicyclic) bond motifs is 1. The third-order valence-electron chi connectivity index (χ3n) is 1.69. The highest BCUT2D eigenvalue weighted by Gasteiger charge is 2.34. The number of sulfone groups is 1. The molecule has 0 radical (unpaired) electrons. The molecule has 1 aromatic heterocycles. The molecule has 0 amide bonds. The Morgan fingerprint density at radius 3 is 2.83 bits per heavy atom. The fraction of sp³-hybridized carbons (Fsp3) is 0.143. The zero-order chi connectivity index (χ0) is 8.77. The molecule has 5 heteroatoms. The number of ketones is 1. The lowest BCUT2D eigenvalue weighted by atomic mass is 10.2. The van der Waals surface area contributed by atoms with Gasteiger partial charge >= 0.3 is 0 Å². The Balaban J connectivity index is 2.83. The summed E-state index contributed by atoms with van der Waals surface area (Å²) in [6.45, 7) is 0. The maximum atomic E-state index is 11.2. The number of carbonyl (C=O) groups excluding carboxylic acids is 1. The topological polar surface area (TPSA) is 64.1 Å². The van der Waals surface area contributed by atoms with Crippen LogP contribution in [0.1, 0.15) is 10.4 Å². The maximum Gasteiger partial charge on any atom is 0.203 e. The van der Waals surface area contributed by atoms with Crippen molar-refractivity contribution in [1.29, 1.82) is 0 Å². The molecule has 0 saturated carbocycles. The quantitative estimate of drug-likeness (QED) is 0.570. The van der Waals surface area contributed by atoms with Crippen LogP contribution in [0.5, 0.6) is 0 Å². The summed E-state index contributed by atoms with van der Waals surface area (Å²) in [5.41, 5.74) is 0.220. The molecule has 62 valence electrons. The first-order valence-corrected chi connectivity index (χ1v) is 4.97. The Labute approximate surface area is 69.2 Å². The van der Waals surface area contributed by atoms with Crippen LogP contribution in [-0.4, -0.2) is 24.9 Å². The van der Waals surface area contributed by atoms with Gasteiger partial charge in [-0.15, -0.1) is 0 Å².